The zero-order valence-corrected chi connectivity index (χ0v) is 13.7. The Kier molecular flexibility index (Phi) is 5.07. The molecule has 0 aliphatic carbocycles. The summed E-state index contributed by atoms with van der Waals surface area (Å²) < 4.78 is 5.15. The number of benzene rings is 2. The number of hydrogen-bond donors (Lipinski definition) is 2. The predicted octanol–water partition coefficient (Wildman–Crippen LogP) is 3.71. The van der Waals surface area contributed by atoms with Crippen LogP contribution in [0.5, 0.6) is 5.75 Å². The second-order valence-corrected chi connectivity index (χ2v) is 5.28. The quantitative estimate of drug-likeness (QED) is 0.716. The Balaban J connectivity index is 1.65. The molecule has 0 amide bonds. The number of hydrogen-bond acceptors (Lipinski definition) is 6. The Hall–Kier alpha value is -3.59. The van der Waals surface area contributed by atoms with E-state index in [0.29, 0.717) is 23.9 Å². The van der Waals surface area contributed by atoms with E-state index in [4.69, 9.17) is 10.00 Å². The van der Waals surface area contributed by atoms with Gasteiger partial charge in [0.1, 0.15) is 11.6 Å². The second-order valence-electron chi connectivity index (χ2n) is 5.28. The maximum Gasteiger partial charge on any atom is 0.229 e. The molecule has 0 saturated carbocycles. The predicted molar refractivity (Wildman–Crippen MR) is 96.8 cm³/mol. The fraction of sp³-hybridized carbons (Fsp3) is 0.105. The highest BCUT2D eigenvalue weighted by Gasteiger charge is 2.02. The topological polar surface area (TPSA) is 82.9 Å². The summed E-state index contributed by atoms with van der Waals surface area (Å²) in [6, 6.07) is 18.9. The van der Waals surface area contributed by atoms with Gasteiger partial charge in [0.2, 0.25) is 5.95 Å². The molecule has 0 aliphatic rings. The van der Waals surface area contributed by atoms with E-state index in [1.807, 2.05) is 36.4 Å². The third kappa shape index (κ3) is 4.45. The van der Waals surface area contributed by atoms with Crippen LogP contribution < -0.4 is 15.4 Å². The summed E-state index contributed by atoms with van der Waals surface area (Å²) in [5.74, 6) is 2.01. The lowest BCUT2D eigenvalue weighted by Gasteiger charge is -2.09. The molecule has 6 nitrogen and oxygen atoms in total. The number of ether oxygens (including phenoxy) is 1. The minimum absolute atomic E-state index is 0.467. The highest BCUT2D eigenvalue weighted by atomic mass is 16.5. The summed E-state index contributed by atoms with van der Waals surface area (Å²) in [5.41, 5.74) is 2.47. The lowest BCUT2D eigenvalue weighted by Crippen LogP contribution is -2.04. The number of methoxy groups -OCH3 is 1. The van der Waals surface area contributed by atoms with E-state index in [-0.39, 0.29) is 0 Å². The summed E-state index contributed by atoms with van der Waals surface area (Å²) in [7, 11) is 1.65. The molecule has 3 aromatic rings. The van der Waals surface area contributed by atoms with Crippen molar-refractivity contribution in [3.63, 3.8) is 0 Å². The van der Waals surface area contributed by atoms with Crippen molar-refractivity contribution >= 4 is 17.5 Å². The zero-order chi connectivity index (χ0) is 17.5. The SMILES string of the molecule is COc1ccc(CNc2ccnc(Nc3cccc(C#N)c3)n2)cc1. The molecule has 25 heavy (non-hydrogen) atoms. The minimum atomic E-state index is 0.467. The molecule has 3 rings (SSSR count). The fourth-order valence-electron chi connectivity index (χ4n) is 2.25. The molecule has 124 valence electrons. The maximum atomic E-state index is 8.96. The van der Waals surface area contributed by atoms with Crippen LogP contribution in [0.25, 0.3) is 0 Å². The van der Waals surface area contributed by atoms with Crippen LogP contribution in [0.15, 0.2) is 60.8 Å². The van der Waals surface area contributed by atoms with Gasteiger partial charge < -0.3 is 15.4 Å². The van der Waals surface area contributed by atoms with E-state index in [9.17, 15) is 0 Å². The van der Waals surface area contributed by atoms with Crippen LogP contribution in [0, 0.1) is 11.3 Å². The molecule has 0 bridgehead atoms. The molecule has 0 unspecified atom stereocenters. The summed E-state index contributed by atoms with van der Waals surface area (Å²) in [5, 5.41) is 15.3. The van der Waals surface area contributed by atoms with Crippen LogP contribution in [-0.2, 0) is 6.54 Å². The molecule has 0 saturated heterocycles. The molecule has 0 radical (unpaired) electrons. The van der Waals surface area contributed by atoms with Crippen molar-refractivity contribution in [2.75, 3.05) is 17.7 Å². The first-order chi connectivity index (χ1) is 12.3. The molecule has 0 atom stereocenters. The van der Waals surface area contributed by atoms with Crippen molar-refractivity contribution < 1.29 is 4.74 Å². The first-order valence-corrected chi connectivity index (χ1v) is 7.74. The van der Waals surface area contributed by atoms with Gasteiger partial charge in [0.05, 0.1) is 18.7 Å². The average molecular weight is 331 g/mol. The van der Waals surface area contributed by atoms with E-state index >= 15 is 0 Å². The number of nitrogens with one attached hydrogen (secondary N) is 2. The summed E-state index contributed by atoms with van der Waals surface area (Å²) in [4.78, 5) is 8.64. The fourth-order valence-corrected chi connectivity index (χ4v) is 2.25. The molecule has 0 fully saturated rings. The zero-order valence-electron chi connectivity index (χ0n) is 13.7. The maximum absolute atomic E-state index is 8.96. The van der Waals surface area contributed by atoms with E-state index in [2.05, 4.69) is 26.7 Å². The lowest BCUT2D eigenvalue weighted by atomic mass is 10.2. The second kappa shape index (κ2) is 7.79. The Morgan fingerprint density at radius 1 is 1.12 bits per heavy atom. The molecule has 0 aliphatic heterocycles. The van der Waals surface area contributed by atoms with Gasteiger partial charge in [-0.2, -0.15) is 10.2 Å². The van der Waals surface area contributed by atoms with E-state index in [1.54, 1.807) is 31.5 Å². The number of nitriles is 1. The average Bonchev–Trinajstić information content (AvgIpc) is 2.67. The summed E-state index contributed by atoms with van der Waals surface area (Å²) in [6.07, 6.45) is 1.68. The van der Waals surface area contributed by atoms with Gasteiger partial charge in [0.25, 0.3) is 0 Å². The third-order valence-electron chi connectivity index (χ3n) is 3.54. The van der Waals surface area contributed by atoms with Gasteiger partial charge in [0, 0.05) is 18.4 Å². The molecule has 2 N–H and O–H groups in total. The van der Waals surface area contributed by atoms with Crippen molar-refractivity contribution in [2.24, 2.45) is 0 Å². The van der Waals surface area contributed by atoms with Gasteiger partial charge in [-0.1, -0.05) is 18.2 Å². The third-order valence-corrected chi connectivity index (χ3v) is 3.54. The Morgan fingerprint density at radius 2 is 1.96 bits per heavy atom. The standard InChI is InChI=1S/C19H17N5O/c1-25-17-7-5-14(6-8-17)13-22-18-9-10-21-19(24-18)23-16-4-2-3-15(11-16)12-20/h2-11H,13H2,1H3,(H2,21,22,23,24). The van der Waals surface area contributed by atoms with Crippen LogP contribution in [-0.4, -0.2) is 17.1 Å². The molecular formula is C19H17N5O. The molecule has 2 aromatic carbocycles. The van der Waals surface area contributed by atoms with E-state index in [1.165, 1.54) is 0 Å². The van der Waals surface area contributed by atoms with Gasteiger partial charge in [0.15, 0.2) is 0 Å². The lowest BCUT2D eigenvalue weighted by molar-refractivity contribution is 0.414. The largest absolute Gasteiger partial charge is 0.497 e. The van der Waals surface area contributed by atoms with Crippen LogP contribution in [0.1, 0.15) is 11.1 Å². The number of aromatic nitrogens is 2. The van der Waals surface area contributed by atoms with Crippen molar-refractivity contribution in [1.82, 2.24) is 9.97 Å². The summed E-state index contributed by atoms with van der Waals surface area (Å²) in [6.45, 7) is 0.643. The van der Waals surface area contributed by atoms with Crippen molar-refractivity contribution in [1.29, 1.82) is 5.26 Å². The van der Waals surface area contributed by atoms with Gasteiger partial charge in [-0.25, -0.2) is 4.98 Å². The van der Waals surface area contributed by atoms with Crippen LogP contribution in [0.4, 0.5) is 17.5 Å². The highest BCUT2D eigenvalue weighted by molar-refractivity contribution is 5.57. The van der Waals surface area contributed by atoms with E-state index < -0.39 is 0 Å². The smallest absolute Gasteiger partial charge is 0.229 e. The Labute approximate surface area is 146 Å². The van der Waals surface area contributed by atoms with Crippen molar-refractivity contribution in [3.05, 3.63) is 71.9 Å². The number of rotatable bonds is 6. The van der Waals surface area contributed by atoms with Crippen LogP contribution in [0.2, 0.25) is 0 Å². The first kappa shape index (κ1) is 16.3. The first-order valence-electron chi connectivity index (χ1n) is 7.74. The molecule has 1 heterocycles. The van der Waals surface area contributed by atoms with Gasteiger partial charge >= 0.3 is 0 Å². The summed E-state index contributed by atoms with van der Waals surface area (Å²) >= 11 is 0. The molecular weight excluding hydrogens is 314 g/mol. The molecule has 6 heteroatoms. The van der Waals surface area contributed by atoms with Gasteiger partial charge in [-0.05, 0) is 42.0 Å². The van der Waals surface area contributed by atoms with Crippen LogP contribution >= 0.6 is 0 Å². The number of anilines is 3. The minimum Gasteiger partial charge on any atom is -0.497 e. The normalized spacial score (nSPS) is 9.92. The van der Waals surface area contributed by atoms with Crippen molar-refractivity contribution in [2.45, 2.75) is 6.54 Å². The van der Waals surface area contributed by atoms with E-state index in [0.717, 1.165) is 17.0 Å². The van der Waals surface area contributed by atoms with Crippen LogP contribution in [0.3, 0.4) is 0 Å². The number of nitrogens with zero attached hydrogens (tertiary/aromatic N) is 3. The van der Waals surface area contributed by atoms with Crippen molar-refractivity contribution in [3.8, 4) is 11.8 Å². The molecule has 1 aromatic heterocycles. The van der Waals surface area contributed by atoms with Gasteiger partial charge in [-0.3, -0.25) is 0 Å². The Bertz CT molecular complexity index is 887. The Morgan fingerprint density at radius 3 is 2.72 bits per heavy atom. The van der Waals surface area contributed by atoms with Gasteiger partial charge in [-0.15, -0.1) is 0 Å². The highest BCUT2D eigenvalue weighted by Crippen LogP contribution is 2.16. The monoisotopic (exact) mass is 331 g/mol. The molecule has 0 spiro atoms.